The predicted octanol–water partition coefficient (Wildman–Crippen LogP) is 1.55. The Morgan fingerprint density at radius 3 is 3.16 bits per heavy atom. The average molecular weight is 278 g/mol. The fourth-order valence-corrected chi connectivity index (χ4v) is 3.42. The van der Waals surface area contributed by atoms with E-state index in [9.17, 15) is 0 Å². The second kappa shape index (κ2) is 5.03. The molecule has 2 unspecified atom stereocenters. The fourth-order valence-electron chi connectivity index (χ4n) is 2.42. The summed E-state index contributed by atoms with van der Waals surface area (Å²) in [6.07, 6.45) is 1.74. The van der Waals surface area contributed by atoms with Crippen LogP contribution in [0.4, 0.5) is 5.82 Å². The van der Waals surface area contributed by atoms with Crippen molar-refractivity contribution < 1.29 is 4.74 Å². The lowest BCUT2D eigenvalue weighted by atomic mass is 10.2. The number of morpholine rings is 1. The van der Waals surface area contributed by atoms with E-state index < -0.39 is 0 Å². The Hall–Kier alpha value is -1.24. The van der Waals surface area contributed by atoms with Gasteiger partial charge in [0.15, 0.2) is 0 Å². The summed E-state index contributed by atoms with van der Waals surface area (Å²) < 4.78 is 6.86. The van der Waals surface area contributed by atoms with Gasteiger partial charge in [0.25, 0.3) is 0 Å². The van der Waals surface area contributed by atoms with Crippen molar-refractivity contribution in [1.82, 2.24) is 9.97 Å². The molecule has 19 heavy (non-hydrogen) atoms. The number of ether oxygens (including phenoxy) is 1. The molecular formula is C13H18N4OS. The van der Waals surface area contributed by atoms with E-state index in [4.69, 9.17) is 10.5 Å². The molecule has 5 nitrogen and oxygen atoms in total. The summed E-state index contributed by atoms with van der Waals surface area (Å²) >= 11 is 1.71. The summed E-state index contributed by atoms with van der Waals surface area (Å²) in [5.41, 5.74) is 7.99. The molecule has 1 saturated heterocycles. The first-order valence-corrected chi connectivity index (χ1v) is 7.35. The van der Waals surface area contributed by atoms with Crippen LogP contribution < -0.4 is 10.6 Å². The quantitative estimate of drug-likeness (QED) is 0.903. The van der Waals surface area contributed by atoms with Gasteiger partial charge in [-0.2, -0.15) is 0 Å². The lowest BCUT2D eigenvalue weighted by molar-refractivity contribution is 0.0281. The molecule has 2 N–H and O–H groups in total. The van der Waals surface area contributed by atoms with Crippen LogP contribution in [0.5, 0.6) is 0 Å². The molecule has 102 valence electrons. The third-order valence-electron chi connectivity index (χ3n) is 3.55. The Balaban J connectivity index is 2.02. The van der Waals surface area contributed by atoms with E-state index in [1.165, 1.54) is 5.56 Å². The topological polar surface area (TPSA) is 64.3 Å². The molecule has 0 amide bonds. The van der Waals surface area contributed by atoms with Crippen molar-refractivity contribution in [3.63, 3.8) is 0 Å². The van der Waals surface area contributed by atoms with E-state index in [0.29, 0.717) is 19.2 Å². The Morgan fingerprint density at radius 1 is 1.53 bits per heavy atom. The minimum Gasteiger partial charge on any atom is -0.373 e. The lowest BCUT2D eigenvalue weighted by Crippen LogP contribution is -2.51. The van der Waals surface area contributed by atoms with Crippen LogP contribution in [0, 0.1) is 6.92 Å². The second-order valence-corrected chi connectivity index (χ2v) is 5.87. The maximum atomic E-state index is 5.72. The third-order valence-corrected chi connectivity index (χ3v) is 4.64. The highest BCUT2D eigenvalue weighted by Gasteiger charge is 2.28. The molecule has 2 aromatic rings. The molecule has 2 atom stereocenters. The fraction of sp³-hybridized carbons (Fsp3) is 0.538. The molecule has 0 bridgehead atoms. The van der Waals surface area contributed by atoms with Gasteiger partial charge in [-0.1, -0.05) is 0 Å². The number of fused-ring (bicyclic) bond motifs is 1. The minimum absolute atomic E-state index is 0.0854. The van der Waals surface area contributed by atoms with Gasteiger partial charge >= 0.3 is 0 Å². The number of nitrogens with two attached hydrogens (primary N) is 1. The molecule has 0 spiro atoms. The zero-order valence-electron chi connectivity index (χ0n) is 11.2. The summed E-state index contributed by atoms with van der Waals surface area (Å²) in [4.78, 5) is 11.2. The summed E-state index contributed by atoms with van der Waals surface area (Å²) in [5, 5.41) is 2.13. The van der Waals surface area contributed by atoms with Crippen LogP contribution in [0.15, 0.2) is 11.7 Å². The van der Waals surface area contributed by atoms with E-state index in [1.54, 1.807) is 17.7 Å². The zero-order valence-corrected chi connectivity index (χ0v) is 12.0. The Labute approximate surface area is 116 Å². The van der Waals surface area contributed by atoms with Gasteiger partial charge in [0, 0.05) is 13.1 Å². The van der Waals surface area contributed by atoms with Gasteiger partial charge in [-0.3, -0.25) is 0 Å². The van der Waals surface area contributed by atoms with Gasteiger partial charge in [-0.05, 0) is 24.8 Å². The molecule has 2 aromatic heterocycles. The monoisotopic (exact) mass is 278 g/mol. The number of nitrogens with zero attached hydrogens (tertiary/aromatic N) is 3. The highest BCUT2D eigenvalue weighted by atomic mass is 32.1. The van der Waals surface area contributed by atoms with Crippen molar-refractivity contribution in [1.29, 1.82) is 0 Å². The van der Waals surface area contributed by atoms with Crippen LogP contribution in [0.1, 0.15) is 12.5 Å². The van der Waals surface area contributed by atoms with Crippen molar-refractivity contribution in [2.45, 2.75) is 26.0 Å². The molecule has 1 fully saturated rings. The van der Waals surface area contributed by atoms with Crippen LogP contribution in [-0.2, 0) is 4.74 Å². The number of rotatable bonds is 2. The van der Waals surface area contributed by atoms with Crippen LogP contribution in [0.25, 0.3) is 10.2 Å². The van der Waals surface area contributed by atoms with Crippen LogP contribution in [-0.4, -0.2) is 41.8 Å². The van der Waals surface area contributed by atoms with E-state index >= 15 is 0 Å². The number of aryl methyl sites for hydroxylation is 1. The molecule has 0 radical (unpaired) electrons. The first kappa shape index (κ1) is 12.8. The van der Waals surface area contributed by atoms with Crippen molar-refractivity contribution in [2.24, 2.45) is 5.73 Å². The highest BCUT2D eigenvalue weighted by molar-refractivity contribution is 7.18. The molecule has 0 aromatic carbocycles. The molecule has 1 aliphatic rings. The van der Waals surface area contributed by atoms with Gasteiger partial charge < -0.3 is 15.4 Å². The van der Waals surface area contributed by atoms with Crippen molar-refractivity contribution in [3.05, 3.63) is 17.3 Å². The first-order chi connectivity index (χ1) is 9.20. The van der Waals surface area contributed by atoms with Gasteiger partial charge in [0.2, 0.25) is 0 Å². The molecule has 1 aliphatic heterocycles. The van der Waals surface area contributed by atoms with Gasteiger partial charge in [-0.15, -0.1) is 11.3 Å². The molecular weight excluding hydrogens is 260 g/mol. The molecule has 3 heterocycles. The number of hydrogen-bond donors (Lipinski definition) is 1. The van der Waals surface area contributed by atoms with Crippen molar-refractivity contribution in [3.8, 4) is 0 Å². The van der Waals surface area contributed by atoms with Gasteiger partial charge in [-0.25, -0.2) is 9.97 Å². The number of hydrogen-bond acceptors (Lipinski definition) is 6. The zero-order chi connectivity index (χ0) is 13.4. The van der Waals surface area contributed by atoms with E-state index in [1.807, 2.05) is 0 Å². The largest absolute Gasteiger partial charge is 0.373 e. The number of aromatic nitrogens is 2. The maximum absolute atomic E-state index is 5.72. The van der Waals surface area contributed by atoms with E-state index in [2.05, 4.69) is 34.1 Å². The van der Waals surface area contributed by atoms with Crippen molar-refractivity contribution >= 4 is 27.4 Å². The first-order valence-electron chi connectivity index (χ1n) is 6.47. The minimum atomic E-state index is 0.0854. The smallest absolute Gasteiger partial charge is 0.150 e. The molecule has 3 rings (SSSR count). The third kappa shape index (κ3) is 2.20. The Kier molecular flexibility index (Phi) is 3.38. The van der Waals surface area contributed by atoms with Crippen LogP contribution >= 0.6 is 11.3 Å². The Bertz CT molecular complexity index is 585. The summed E-state index contributed by atoms with van der Waals surface area (Å²) in [6.45, 7) is 6.27. The number of thiophene rings is 1. The van der Waals surface area contributed by atoms with E-state index in [0.717, 1.165) is 22.6 Å². The highest BCUT2D eigenvalue weighted by Crippen LogP contribution is 2.32. The van der Waals surface area contributed by atoms with Crippen LogP contribution in [0.3, 0.4) is 0 Å². The average Bonchev–Trinajstić information content (AvgIpc) is 2.81. The van der Waals surface area contributed by atoms with E-state index in [-0.39, 0.29) is 6.10 Å². The molecule has 6 heteroatoms. The van der Waals surface area contributed by atoms with Crippen LogP contribution in [0.2, 0.25) is 0 Å². The summed E-state index contributed by atoms with van der Waals surface area (Å²) in [6, 6.07) is 0.309. The Morgan fingerprint density at radius 2 is 2.37 bits per heavy atom. The normalized spacial score (nSPS) is 24.1. The maximum Gasteiger partial charge on any atom is 0.150 e. The predicted molar refractivity (Wildman–Crippen MR) is 77.8 cm³/mol. The standard InChI is InChI=1S/C13H18N4OS/c1-8-6-19-12-11(8)15-7-16-13(12)17-4-10(3-14)18-5-9(17)2/h6-7,9-10H,3-5,14H2,1-2H3. The number of anilines is 1. The molecule has 0 aliphatic carbocycles. The SMILES string of the molecule is Cc1csc2c(N3CC(CN)OCC3C)ncnc12. The van der Waals surface area contributed by atoms with Gasteiger partial charge in [0.05, 0.1) is 29.0 Å². The van der Waals surface area contributed by atoms with Gasteiger partial charge in [0.1, 0.15) is 12.1 Å². The second-order valence-electron chi connectivity index (χ2n) is 4.99. The molecule has 0 saturated carbocycles. The van der Waals surface area contributed by atoms with Crippen molar-refractivity contribution in [2.75, 3.05) is 24.6 Å². The lowest BCUT2D eigenvalue weighted by Gasteiger charge is -2.38. The summed E-state index contributed by atoms with van der Waals surface area (Å²) in [5.74, 6) is 1.01. The summed E-state index contributed by atoms with van der Waals surface area (Å²) in [7, 11) is 0.